The van der Waals surface area contributed by atoms with Gasteiger partial charge in [-0.15, -0.1) is 0 Å². The second-order valence-corrected chi connectivity index (χ2v) is 7.56. The third-order valence-corrected chi connectivity index (χ3v) is 5.23. The number of fused-ring (bicyclic) bond motifs is 1. The van der Waals surface area contributed by atoms with Gasteiger partial charge in [-0.25, -0.2) is 0 Å². The Morgan fingerprint density at radius 2 is 2.15 bits per heavy atom. The summed E-state index contributed by atoms with van der Waals surface area (Å²) in [7, 11) is 0. The van der Waals surface area contributed by atoms with Crippen molar-refractivity contribution in [1.82, 2.24) is 20.1 Å². The Hall–Kier alpha value is -2.15. The molecule has 26 heavy (non-hydrogen) atoms. The normalized spacial score (nSPS) is 20.9. The van der Waals surface area contributed by atoms with Gasteiger partial charge in [0.1, 0.15) is 0 Å². The highest BCUT2D eigenvalue weighted by molar-refractivity contribution is 6.31. The number of halogens is 1. The van der Waals surface area contributed by atoms with Crippen molar-refractivity contribution in [3.63, 3.8) is 0 Å². The van der Waals surface area contributed by atoms with Crippen molar-refractivity contribution < 1.29 is 5.11 Å². The minimum Gasteiger partial charge on any atom is -0.391 e. The maximum Gasteiger partial charge on any atom is 0.252 e. The molecule has 0 unspecified atom stereocenters. The van der Waals surface area contributed by atoms with Gasteiger partial charge in [-0.05, 0) is 43.0 Å². The van der Waals surface area contributed by atoms with Gasteiger partial charge < -0.3 is 10.1 Å². The fraction of sp³-hybridized carbons (Fsp3) is 0.368. The van der Waals surface area contributed by atoms with E-state index in [0.29, 0.717) is 23.7 Å². The van der Waals surface area contributed by atoms with Crippen LogP contribution >= 0.6 is 11.6 Å². The highest BCUT2D eigenvalue weighted by Crippen LogP contribution is 2.23. The summed E-state index contributed by atoms with van der Waals surface area (Å²) in [5.74, 6) is 0.121. The van der Waals surface area contributed by atoms with Crippen LogP contribution in [0.2, 0.25) is 5.02 Å². The third-order valence-electron chi connectivity index (χ3n) is 4.99. The summed E-state index contributed by atoms with van der Waals surface area (Å²) in [5, 5.41) is 19.1. The molecule has 7 heteroatoms. The predicted molar refractivity (Wildman–Crippen MR) is 101 cm³/mol. The number of rotatable bonds is 4. The average Bonchev–Trinajstić information content (AvgIpc) is 3.14. The number of nitrogens with zero attached hydrogens (tertiary/aromatic N) is 2. The lowest BCUT2D eigenvalue weighted by atomic mass is 10.0. The molecule has 2 atom stereocenters. The van der Waals surface area contributed by atoms with Crippen molar-refractivity contribution in [3.8, 4) is 0 Å². The zero-order valence-corrected chi connectivity index (χ0v) is 15.3. The summed E-state index contributed by atoms with van der Waals surface area (Å²) in [6.07, 6.45) is 0.319. The summed E-state index contributed by atoms with van der Waals surface area (Å²) in [6, 6.07) is 9.38. The van der Waals surface area contributed by atoms with Gasteiger partial charge in [0.2, 0.25) is 0 Å². The van der Waals surface area contributed by atoms with Crippen LogP contribution in [0, 0.1) is 12.8 Å². The highest BCUT2D eigenvalue weighted by Gasteiger charge is 2.32. The van der Waals surface area contributed by atoms with Gasteiger partial charge in [0.25, 0.3) is 5.56 Å². The van der Waals surface area contributed by atoms with E-state index in [2.05, 4.69) is 20.1 Å². The SMILES string of the molecule is Cc1cc(C[C@@H]2CN(Cc3cc4ccc(Cl)cc4[nH]c3=O)C[C@H]2O)n[nH]1. The van der Waals surface area contributed by atoms with Gasteiger partial charge in [0.15, 0.2) is 0 Å². The summed E-state index contributed by atoms with van der Waals surface area (Å²) in [4.78, 5) is 17.4. The summed E-state index contributed by atoms with van der Waals surface area (Å²) < 4.78 is 0. The van der Waals surface area contributed by atoms with E-state index in [1.165, 1.54) is 0 Å². The summed E-state index contributed by atoms with van der Waals surface area (Å²) >= 11 is 5.98. The van der Waals surface area contributed by atoms with Gasteiger partial charge in [-0.2, -0.15) is 5.10 Å². The van der Waals surface area contributed by atoms with E-state index < -0.39 is 6.10 Å². The fourth-order valence-corrected chi connectivity index (χ4v) is 3.87. The first-order valence-electron chi connectivity index (χ1n) is 8.71. The monoisotopic (exact) mass is 372 g/mol. The van der Waals surface area contributed by atoms with Crippen LogP contribution in [-0.2, 0) is 13.0 Å². The molecule has 0 saturated carbocycles. The zero-order chi connectivity index (χ0) is 18.3. The van der Waals surface area contributed by atoms with Crippen LogP contribution in [0.15, 0.2) is 35.1 Å². The number of aliphatic hydroxyl groups excluding tert-OH is 1. The molecular weight excluding hydrogens is 352 g/mol. The van der Waals surface area contributed by atoms with Gasteiger partial charge in [0.05, 0.1) is 11.8 Å². The number of nitrogens with one attached hydrogen (secondary N) is 2. The first-order valence-corrected chi connectivity index (χ1v) is 9.08. The van der Waals surface area contributed by atoms with E-state index in [-0.39, 0.29) is 11.5 Å². The average molecular weight is 373 g/mol. The topological polar surface area (TPSA) is 85.0 Å². The van der Waals surface area contributed by atoms with Crippen LogP contribution in [-0.4, -0.2) is 44.4 Å². The quantitative estimate of drug-likeness (QED) is 0.655. The number of benzene rings is 1. The van der Waals surface area contributed by atoms with Crippen molar-refractivity contribution in [2.75, 3.05) is 13.1 Å². The summed E-state index contributed by atoms with van der Waals surface area (Å²) in [6.45, 7) is 3.78. The molecule has 3 aromatic rings. The first-order chi connectivity index (χ1) is 12.5. The molecule has 6 nitrogen and oxygen atoms in total. The number of hydrogen-bond donors (Lipinski definition) is 3. The summed E-state index contributed by atoms with van der Waals surface area (Å²) in [5.41, 5.74) is 3.31. The number of aromatic nitrogens is 3. The van der Waals surface area contributed by atoms with Crippen LogP contribution < -0.4 is 5.56 Å². The lowest BCUT2D eigenvalue weighted by molar-refractivity contribution is 0.140. The number of hydrogen-bond acceptors (Lipinski definition) is 4. The van der Waals surface area contributed by atoms with E-state index in [4.69, 9.17) is 11.6 Å². The molecule has 0 bridgehead atoms. The Kier molecular flexibility index (Phi) is 4.56. The number of pyridine rings is 1. The van der Waals surface area contributed by atoms with Gasteiger partial charge in [-0.3, -0.25) is 14.8 Å². The molecule has 2 aromatic heterocycles. The van der Waals surface area contributed by atoms with Crippen LogP contribution in [0.5, 0.6) is 0 Å². The Morgan fingerprint density at radius 1 is 1.31 bits per heavy atom. The van der Waals surface area contributed by atoms with Crippen LogP contribution in [0.1, 0.15) is 17.0 Å². The molecule has 1 aromatic carbocycles. The Bertz CT molecular complexity index is 997. The molecule has 0 aliphatic carbocycles. The molecule has 1 fully saturated rings. The van der Waals surface area contributed by atoms with Crippen molar-refractivity contribution in [2.45, 2.75) is 26.0 Å². The van der Waals surface area contributed by atoms with E-state index in [9.17, 15) is 9.90 Å². The minimum atomic E-state index is -0.412. The molecule has 3 N–H and O–H groups in total. The number of likely N-dealkylation sites (tertiary alicyclic amines) is 1. The Labute approximate surface area is 155 Å². The molecule has 1 aliphatic rings. The smallest absolute Gasteiger partial charge is 0.252 e. The van der Waals surface area contributed by atoms with Crippen LogP contribution in [0.4, 0.5) is 0 Å². The molecule has 0 spiro atoms. The van der Waals surface area contributed by atoms with Gasteiger partial charge in [-0.1, -0.05) is 17.7 Å². The van der Waals surface area contributed by atoms with Crippen molar-refractivity contribution in [3.05, 3.63) is 62.7 Å². The van der Waals surface area contributed by atoms with Crippen molar-refractivity contribution in [1.29, 1.82) is 0 Å². The molecule has 0 radical (unpaired) electrons. The number of H-pyrrole nitrogens is 2. The third kappa shape index (κ3) is 3.53. The second kappa shape index (κ2) is 6.87. The maximum atomic E-state index is 12.4. The molecule has 4 rings (SSSR count). The Balaban J connectivity index is 1.49. The molecule has 1 saturated heterocycles. The molecule has 1 aliphatic heterocycles. The number of aromatic amines is 2. The maximum absolute atomic E-state index is 12.4. The van der Waals surface area contributed by atoms with Crippen molar-refractivity contribution in [2.24, 2.45) is 5.92 Å². The molecule has 136 valence electrons. The standard InChI is InChI=1S/C19H21ClN4O2/c1-11-4-16(23-22-11)6-13-8-24(10-18(13)25)9-14-5-12-2-3-15(20)7-17(12)21-19(14)26/h2-5,7,13,18,25H,6,8-10H2,1H3,(H,21,26)(H,22,23)/t13-,18-/m1/s1. The van der Waals surface area contributed by atoms with Crippen molar-refractivity contribution >= 4 is 22.5 Å². The lowest BCUT2D eigenvalue weighted by Crippen LogP contribution is -2.25. The lowest BCUT2D eigenvalue weighted by Gasteiger charge is -2.15. The zero-order valence-electron chi connectivity index (χ0n) is 14.5. The van der Waals surface area contributed by atoms with E-state index in [0.717, 1.165) is 35.3 Å². The molecular formula is C19H21ClN4O2. The van der Waals surface area contributed by atoms with Gasteiger partial charge >= 0.3 is 0 Å². The fourth-order valence-electron chi connectivity index (χ4n) is 3.70. The highest BCUT2D eigenvalue weighted by atomic mass is 35.5. The Morgan fingerprint density at radius 3 is 2.92 bits per heavy atom. The van der Waals surface area contributed by atoms with Crippen LogP contribution in [0.25, 0.3) is 10.9 Å². The van der Waals surface area contributed by atoms with E-state index in [1.807, 2.05) is 31.2 Å². The molecule has 0 amide bonds. The molecule has 3 heterocycles. The second-order valence-electron chi connectivity index (χ2n) is 7.12. The van der Waals surface area contributed by atoms with Crippen LogP contribution in [0.3, 0.4) is 0 Å². The number of aryl methyl sites for hydroxylation is 1. The van der Waals surface area contributed by atoms with Gasteiger partial charge in [0, 0.05) is 47.3 Å². The minimum absolute atomic E-state index is 0.111. The largest absolute Gasteiger partial charge is 0.391 e. The number of β-amino-alcohol motifs (C(OH)–C–C–N with tert-alkyl or cyclic N) is 1. The number of aliphatic hydroxyl groups is 1. The predicted octanol–water partition coefficient (Wildman–Crippen LogP) is 2.25. The van der Waals surface area contributed by atoms with E-state index in [1.54, 1.807) is 6.07 Å². The van der Waals surface area contributed by atoms with E-state index >= 15 is 0 Å². The first kappa shape index (κ1) is 17.3.